The zero-order valence-corrected chi connectivity index (χ0v) is 20.6. The standard InChI is InChI=1S/C16H17NO3.C10H8N2.Cu.3H2O/c1-10(2)15(16(19)20)17-9-13-12-6-4-3-5-11(12)7-8-14(13)18;1-3-7-11-9(5-1)10-6-2-4-8-12-10;;;;/h3-10,15,18H,1-2H3,(H,19,20);1-8H;;3*1H2/q;;+2;;;/p-2/t15-;;;;;/m1...../s1. The molecule has 0 saturated carbocycles. The van der Waals surface area contributed by atoms with E-state index < -0.39 is 12.0 Å². The van der Waals surface area contributed by atoms with Crippen molar-refractivity contribution in [1.82, 2.24) is 9.97 Å². The fourth-order valence-electron chi connectivity index (χ4n) is 3.10. The maximum absolute atomic E-state index is 11.9. The topological polar surface area (TPSA) is 196 Å². The van der Waals surface area contributed by atoms with Crippen molar-refractivity contribution in [2.24, 2.45) is 10.9 Å². The average Bonchev–Trinajstić information content (AvgIpc) is 2.81. The number of fused-ring (bicyclic) bond motifs is 1. The smallest absolute Gasteiger partial charge is 0.872 e. The number of hydrogen-bond acceptors (Lipinski definition) is 6. The molecule has 2 aromatic heterocycles. The van der Waals surface area contributed by atoms with Crippen molar-refractivity contribution in [1.29, 1.82) is 0 Å². The van der Waals surface area contributed by atoms with Crippen LogP contribution in [-0.2, 0) is 21.9 Å². The van der Waals surface area contributed by atoms with Crippen LogP contribution in [0.15, 0.2) is 90.2 Å². The molecular formula is C26H29CuN3O6. The summed E-state index contributed by atoms with van der Waals surface area (Å²) in [6, 6.07) is 21.3. The Bertz CT molecular complexity index is 1170. The fourth-order valence-corrected chi connectivity index (χ4v) is 3.10. The molecule has 0 amide bonds. The van der Waals surface area contributed by atoms with Gasteiger partial charge in [0, 0.05) is 18.6 Å². The van der Waals surface area contributed by atoms with Gasteiger partial charge in [0.15, 0.2) is 0 Å². The summed E-state index contributed by atoms with van der Waals surface area (Å²) in [6.07, 6.45) is 4.89. The molecule has 0 aliphatic carbocycles. The zero-order chi connectivity index (χ0) is 22.9. The Morgan fingerprint density at radius 2 is 1.36 bits per heavy atom. The summed E-state index contributed by atoms with van der Waals surface area (Å²) >= 11 is 0. The maximum Gasteiger partial charge on any atom is 2.00 e. The molecule has 10 heteroatoms. The van der Waals surface area contributed by atoms with Crippen LogP contribution in [0.25, 0.3) is 22.2 Å². The number of carboxylic acid groups (broad SMARTS) is 1. The number of aliphatic imine (C=N–C) groups is 1. The van der Waals surface area contributed by atoms with Gasteiger partial charge in [-0.25, -0.2) is 0 Å². The molecule has 0 unspecified atom stereocenters. The molecule has 0 spiro atoms. The summed E-state index contributed by atoms with van der Waals surface area (Å²) in [4.78, 5) is 23.4. The first-order valence-electron chi connectivity index (χ1n) is 10.2. The van der Waals surface area contributed by atoms with Crippen LogP contribution in [-0.4, -0.2) is 44.6 Å². The molecule has 36 heavy (non-hydrogen) atoms. The molecule has 195 valence electrons. The van der Waals surface area contributed by atoms with Crippen molar-refractivity contribution < 1.29 is 48.5 Å². The third-order valence-electron chi connectivity index (χ3n) is 4.76. The Labute approximate surface area is 220 Å². The van der Waals surface area contributed by atoms with Gasteiger partial charge < -0.3 is 31.4 Å². The molecule has 2 aromatic carbocycles. The van der Waals surface area contributed by atoms with Gasteiger partial charge in [-0.15, -0.1) is 0 Å². The molecule has 1 radical (unpaired) electrons. The molecule has 4 rings (SSSR count). The predicted octanol–water partition coefficient (Wildman–Crippen LogP) is 0.774. The van der Waals surface area contributed by atoms with E-state index in [1.807, 2.05) is 60.7 Å². The number of hydrogen-bond donors (Lipinski definition) is 0. The maximum atomic E-state index is 11.9. The number of pyridine rings is 2. The monoisotopic (exact) mass is 542 g/mol. The number of aromatic nitrogens is 2. The normalized spacial score (nSPS) is 10.5. The van der Waals surface area contributed by atoms with Crippen LogP contribution in [0.2, 0.25) is 0 Å². The number of carbonyl (C=O) groups excluding carboxylic acids is 1. The molecule has 1 atom stereocenters. The first-order chi connectivity index (χ1) is 15.5. The van der Waals surface area contributed by atoms with Crippen LogP contribution in [0, 0.1) is 5.92 Å². The van der Waals surface area contributed by atoms with Gasteiger partial charge in [0.05, 0.1) is 23.4 Å². The molecule has 0 saturated heterocycles. The predicted molar refractivity (Wildman–Crippen MR) is 133 cm³/mol. The minimum atomic E-state index is -1.23. The molecular weight excluding hydrogens is 514 g/mol. The van der Waals surface area contributed by atoms with Crippen molar-refractivity contribution in [2.45, 2.75) is 19.9 Å². The van der Waals surface area contributed by atoms with Crippen molar-refractivity contribution in [3.8, 4) is 17.1 Å². The van der Waals surface area contributed by atoms with Gasteiger partial charge in [-0.1, -0.05) is 68.1 Å². The van der Waals surface area contributed by atoms with Gasteiger partial charge in [0.25, 0.3) is 0 Å². The van der Waals surface area contributed by atoms with Crippen LogP contribution in [0.3, 0.4) is 0 Å². The third kappa shape index (κ3) is 9.18. The van der Waals surface area contributed by atoms with Gasteiger partial charge >= 0.3 is 17.1 Å². The molecule has 0 bridgehead atoms. The quantitative estimate of drug-likeness (QED) is 0.264. The Morgan fingerprint density at radius 3 is 1.83 bits per heavy atom. The van der Waals surface area contributed by atoms with Crippen LogP contribution in [0.4, 0.5) is 0 Å². The minimum absolute atomic E-state index is 0. The summed E-state index contributed by atoms with van der Waals surface area (Å²) in [6.45, 7) is 3.50. The number of nitrogens with zero attached hydrogens (tertiary/aromatic N) is 3. The molecule has 0 fully saturated rings. The Kier molecular flexibility index (Phi) is 16.2. The Morgan fingerprint density at radius 1 is 0.833 bits per heavy atom. The second kappa shape index (κ2) is 16.9. The molecule has 0 aliphatic heterocycles. The van der Waals surface area contributed by atoms with Gasteiger partial charge in [-0.05, 0) is 46.5 Å². The second-order valence-corrected chi connectivity index (χ2v) is 7.41. The molecule has 4 aromatic rings. The molecule has 9 nitrogen and oxygen atoms in total. The number of carbonyl (C=O) groups is 1. The van der Waals surface area contributed by atoms with Gasteiger partial charge in [-0.2, -0.15) is 0 Å². The van der Waals surface area contributed by atoms with Crippen LogP contribution < -0.4 is 10.2 Å². The van der Waals surface area contributed by atoms with Crippen LogP contribution in [0.1, 0.15) is 19.4 Å². The second-order valence-electron chi connectivity index (χ2n) is 7.41. The first-order valence-corrected chi connectivity index (χ1v) is 10.2. The van der Waals surface area contributed by atoms with Gasteiger partial charge in [-0.3, -0.25) is 15.0 Å². The molecule has 6 N–H and O–H groups in total. The molecule has 2 heterocycles. The van der Waals surface area contributed by atoms with Crippen molar-refractivity contribution in [3.05, 3.63) is 90.8 Å². The number of carboxylic acids is 1. The fraction of sp³-hybridized carbons (Fsp3) is 0.154. The van der Waals surface area contributed by atoms with E-state index in [1.165, 1.54) is 12.3 Å². The summed E-state index contributed by atoms with van der Waals surface area (Å²) in [5.74, 6) is -1.60. The van der Waals surface area contributed by atoms with E-state index in [0.717, 1.165) is 22.2 Å². The van der Waals surface area contributed by atoms with Gasteiger partial charge in [0.2, 0.25) is 0 Å². The van der Waals surface area contributed by atoms with E-state index >= 15 is 0 Å². The SMILES string of the molecule is CC(C)[C@@H](N=Cc1c([O-])ccc2ccccc12)C(=O)[O-].O.O.O.[Cu+2].c1ccc(-c2ccccn2)nc1. The summed E-state index contributed by atoms with van der Waals surface area (Å²) in [5.41, 5.74) is 2.24. The minimum Gasteiger partial charge on any atom is -0.872 e. The van der Waals surface area contributed by atoms with E-state index in [0.29, 0.717) is 5.56 Å². The van der Waals surface area contributed by atoms with E-state index in [1.54, 1.807) is 32.3 Å². The van der Waals surface area contributed by atoms with Crippen molar-refractivity contribution in [2.75, 3.05) is 0 Å². The van der Waals surface area contributed by atoms with Crippen LogP contribution >= 0.6 is 0 Å². The van der Waals surface area contributed by atoms with E-state index in [4.69, 9.17) is 0 Å². The van der Waals surface area contributed by atoms with E-state index in [2.05, 4.69) is 15.0 Å². The van der Waals surface area contributed by atoms with E-state index in [9.17, 15) is 15.0 Å². The van der Waals surface area contributed by atoms with Gasteiger partial charge in [0.1, 0.15) is 0 Å². The largest absolute Gasteiger partial charge is 2.00 e. The molecule has 0 aliphatic rings. The van der Waals surface area contributed by atoms with Crippen LogP contribution in [0.5, 0.6) is 5.75 Å². The third-order valence-corrected chi connectivity index (χ3v) is 4.76. The number of benzene rings is 2. The zero-order valence-electron chi connectivity index (χ0n) is 19.7. The summed E-state index contributed by atoms with van der Waals surface area (Å²) in [7, 11) is 0. The number of aliphatic carboxylic acids is 1. The van der Waals surface area contributed by atoms with E-state index in [-0.39, 0.29) is 45.2 Å². The summed E-state index contributed by atoms with van der Waals surface area (Å²) < 4.78 is 0. The van der Waals surface area contributed by atoms with Crippen molar-refractivity contribution >= 4 is 23.0 Å². The number of rotatable bonds is 5. The van der Waals surface area contributed by atoms with Crippen molar-refractivity contribution in [3.63, 3.8) is 0 Å². The summed E-state index contributed by atoms with van der Waals surface area (Å²) in [5, 5.41) is 24.6. The first kappa shape index (κ1) is 34.5. The average molecular weight is 543 g/mol. The Hall–Kier alpha value is -3.66. The Balaban J connectivity index is 0.